The average molecular weight is 601 g/mol. The highest BCUT2D eigenvalue weighted by Gasteiger charge is 2.33. The van der Waals surface area contributed by atoms with Gasteiger partial charge in [0.05, 0.1) is 38.5 Å². The molecule has 200 valence electrons. The Labute approximate surface area is 244 Å². The van der Waals surface area contributed by atoms with E-state index in [2.05, 4.69) is 9.56 Å². The van der Waals surface area contributed by atoms with Gasteiger partial charge in [-0.05, 0) is 81.3 Å². The average Bonchev–Trinajstić information content (AvgIpc) is 3.35. The van der Waals surface area contributed by atoms with Crippen molar-refractivity contribution in [3.63, 3.8) is 0 Å². The standard InChI is InChI=1S/C29H24Cl3N3O3S/c1-5-38-28(37)25-16(3)33-29-35(26(25)18-6-8-20(30)9-7-18)27(36)24(39-29)13-19-12-15(2)34(17(19)4)21-10-11-22(31)23(32)14-21/h6-14,26H,5H2,1-4H3/b24-13+/t26-/m1/s1. The van der Waals surface area contributed by atoms with Gasteiger partial charge in [-0.25, -0.2) is 9.79 Å². The molecule has 1 aliphatic rings. The van der Waals surface area contributed by atoms with Gasteiger partial charge in [0.25, 0.3) is 5.56 Å². The Hall–Kier alpha value is -3.10. The lowest BCUT2D eigenvalue weighted by molar-refractivity contribution is -0.139. The van der Waals surface area contributed by atoms with E-state index in [-0.39, 0.29) is 12.2 Å². The van der Waals surface area contributed by atoms with Crippen molar-refractivity contribution in [1.29, 1.82) is 0 Å². The summed E-state index contributed by atoms with van der Waals surface area (Å²) in [6, 6.07) is 13.9. The van der Waals surface area contributed by atoms with Crippen LogP contribution in [0.2, 0.25) is 15.1 Å². The third kappa shape index (κ3) is 5.00. The molecule has 39 heavy (non-hydrogen) atoms. The zero-order valence-electron chi connectivity index (χ0n) is 21.6. The predicted molar refractivity (Wildman–Crippen MR) is 157 cm³/mol. The third-order valence-corrected chi connectivity index (χ3v) is 8.59. The van der Waals surface area contributed by atoms with E-state index >= 15 is 0 Å². The van der Waals surface area contributed by atoms with Crippen molar-refractivity contribution < 1.29 is 9.53 Å². The summed E-state index contributed by atoms with van der Waals surface area (Å²) in [7, 11) is 0. The van der Waals surface area contributed by atoms with Gasteiger partial charge in [0.1, 0.15) is 0 Å². The van der Waals surface area contributed by atoms with Crippen molar-refractivity contribution in [2.24, 2.45) is 4.99 Å². The zero-order chi connectivity index (χ0) is 28.0. The number of esters is 1. The van der Waals surface area contributed by atoms with Gasteiger partial charge in [-0.3, -0.25) is 9.36 Å². The van der Waals surface area contributed by atoms with E-state index in [1.165, 1.54) is 11.3 Å². The molecule has 0 unspecified atom stereocenters. The van der Waals surface area contributed by atoms with Crippen LogP contribution in [0.25, 0.3) is 11.8 Å². The Morgan fingerprint density at radius 1 is 1.05 bits per heavy atom. The first-order valence-electron chi connectivity index (χ1n) is 12.2. The minimum absolute atomic E-state index is 0.210. The summed E-state index contributed by atoms with van der Waals surface area (Å²) < 4.78 is 9.48. The molecule has 0 radical (unpaired) electrons. The second kappa shape index (κ2) is 10.8. The first kappa shape index (κ1) is 27.5. The zero-order valence-corrected chi connectivity index (χ0v) is 24.7. The lowest BCUT2D eigenvalue weighted by atomic mass is 9.96. The van der Waals surface area contributed by atoms with Crippen molar-refractivity contribution in [3.05, 3.63) is 117 Å². The highest BCUT2D eigenvalue weighted by atomic mass is 35.5. The lowest BCUT2D eigenvalue weighted by Crippen LogP contribution is -2.39. The van der Waals surface area contributed by atoms with Crippen LogP contribution in [0.1, 0.15) is 42.4 Å². The second-order valence-corrected chi connectivity index (χ2v) is 11.4. The number of allylic oxidation sites excluding steroid dienone is 1. The number of hydrogen-bond acceptors (Lipinski definition) is 5. The van der Waals surface area contributed by atoms with E-state index < -0.39 is 12.0 Å². The highest BCUT2D eigenvalue weighted by Crippen LogP contribution is 2.32. The molecule has 0 saturated carbocycles. The smallest absolute Gasteiger partial charge is 0.338 e. The molecule has 4 aromatic rings. The van der Waals surface area contributed by atoms with Gasteiger partial charge < -0.3 is 9.30 Å². The normalized spacial score (nSPS) is 15.4. The first-order valence-corrected chi connectivity index (χ1v) is 14.1. The van der Waals surface area contributed by atoms with Crippen LogP contribution in [-0.4, -0.2) is 21.7 Å². The van der Waals surface area contributed by atoms with E-state index in [0.29, 0.717) is 35.7 Å². The molecule has 0 saturated heterocycles. The molecule has 2 aromatic heterocycles. The Morgan fingerprint density at radius 3 is 2.44 bits per heavy atom. The molecule has 1 atom stereocenters. The largest absolute Gasteiger partial charge is 0.463 e. The summed E-state index contributed by atoms with van der Waals surface area (Å²) in [4.78, 5) is 32.1. The fraction of sp³-hybridized carbons (Fsp3) is 0.207. The van der Waals surface area contributed by atoms with E-state index in [0.717, 1.165) is 28.2 Å². The summed E-state index contributed by atoms with van der Waals surface area (Å²) in [5, 5.41) is 1.50. The lowest BCUT2D eigenvalue weighted by Gasteiger charge is -2.24. The van der Waals surface area contributed by atoms with Gasteiger partial charge in [-0.1, -0.05) is 58.3 Å². The maximum Gasteiger partial charge on any atom is 0.338 e. The number of hydrogen-bond donors (Lipinski definition) is 0. The van der Waals surface area contributed by atoms with E-state index in [9.17, 15) is 9.59 Å². The fourth-order valence-corrected chi connectivity index (χ4v) is 6.30. The van der Waals surface area contributed by atoms with Crippen LogP contribution < -0.4 is 14.9 Å². The van der Waals surface area contributed by atoms with Crippen molar-refractivity contribution in [2.75, 3.05) is 6.61 Å². The Bertz CT molecular complexity index is 1830. The van der Waals surface area contributed by atoms with Crippen LogP contribution in [0.4, 0.5) is 0 Å². The Morgan fingerprint density at radius 2 is 1.77 bits per heavy atom. The number of rotatable bonds is 5. The predicted octanol–water partition coefficient (Wildman–Crippen LogP) is 6.17. The molecule has 1 aliphatic heterocycles. The van der Waals surface area contributed by atoms with Crippen molar-refractivity contribution >= 4 is 58.2 Å². The highest BCUT2D eigenvalue weighted by molar-refractivity contribution is 7.07. The summed E-state index contributed by atoms with van der Waals surface area (Å²) >= 11 is 19.8. The van der Waals surface area contributed by atoms with Gasteiger partial charge in [0.2, 0.25) is 0 Å². The molecule has 0 bridgehead atoms. The van der Waals surface area contributed by atoms with Gasteiger partial charge in [0, 0.05) is 22.1 Å². The Kier molecular flexibility index (Phi) is 7.62. The minimum atomic E-state index is -0.691. The molecule has 0 spiro atoms. The van der Waals surface area contributed by atoms with Crippen molar-refractivity contribution in [3.8, 4) is 5.69 Å². The number of fused-ring (bicyclic) bond motifs is 1. The molecule has 5 rings (SSSR count). The quantitative estimate of drug-likeness (QED) is 0.258. The summed E-state index contributed by atoms with van der Waals surface area (Å²) in [5.41, 5.74) is 5.01. The number of carbonyl (C=O) groups is 1. The maximum atomic E-state index is 13.9. The monoisotopic (exact) mass is 599 g/mol. The molecule has 3 heterocycles. The van der Waals surface area contributed by atoms with Gasteiger partial charge in [-0.15, -0.1) is 0 Å². The van der Waals surface area contributed by atoms with Crippen molar-refractivity contribution in [1.82, 2.24) is 9.13 Å². The van der Waals surface area contributed by atoms with Crippen LogP contribution >= 0.6 is 46.1 Å². The molecule has 2 aromatic carbocycles. The number of halogens is 3. The molecular formula is C29H24Cl3N3O3S. The van der Waals surface area contributed by atoms with Gasteiger partial charge >= 0.3 is 5.97 Å². The first-order chi connectivity index (χ1) is 18.6. The van der Waals surface area contributed by atoms with E-state index in [1.54, 1.807) is 36.6 Å². The maximum absolute atomic E-state index is 13.9. The second-order valence-electron chi connectivity index (χ2n) is 9.11. The Balaban J connectivity index is 1.68. The number of aromatic nitrogens is 2. The number of thiazole rings is 1. The number of benzene rings is 2. The minimum Gasteiger partial charge on any atom is -0.463 e. The van der Waals surface area contributed by atoms with Gasteiger partial charge in [-0.2, -0.15) is 0 Å². The molecule has 10 heteroatoms. The summed E-state index contributed by atoms with van der Waals surface area (Å²) in [6.45, 7) is 7.69. The third-order valence-electron chi connectivity index (χ3n) is 6.62. The summed E-state index contributed by atoms with van der Waals surface area (Å²) in [6.07, 6.45) is 1.86. The topological polar surface area (TPSA) is 65.6 Å². The molecule has 0 amide bonds. The molecule has 0 N–H and O–H groups in total. The molecule has 6 nitrogen and oxygen atoms in total. The van der Waals surface area contributed by atoms with E-state index in [4.69, 9.17) is 39.5 Å². The van der Waals surface area contributed by atoms with Crippen LogP contribution in [0.3, 0.4) is 0 Å². The molecule has 0 fully saturated rings. The SMILES string of the molecule is CCOC(=O)C1=C(C)N=c2s/c(=C/c3cc(C)n(-c4ccc(Cl)c(Cl)c4)c3C)c(=O)n2[C@@H]1c1ccc(Cl)cc1. The number of carbonyl (C=O) groups excluding carboxylic acids is 1. The molecule has 0 aliphatic carbocycles. The number of nitrogens with zero attached hydrogens (tertiary/aromatic N) is 3. The molecular weight excluding hydrogens is 577 g/mol. The fourth-order valence-electron chi connectivity index (χ4n) is 4.85. The van der Waals surface area contributed by atoms with Crippen LogP contribution in [-0.2, 0) is 9.53 Å². The van der Waals surface area contributed by atoms with Crippen LogP contribution in [0.15, 0.2) is 69.6 Å². The van der Waals surface area contributed by atoms with Gasteiger partial charge in [0.15, 0.2) is 4.80 Å². The number of ether oxygens (including phenoxy) is 1. The van der Waals surface area contributed by atoms with Crippen LogP contribution in [0, 0.1) is 13.8 Å². The summed E-state index contributed by atoms with van der Waals surface area (Å²) in [5.74, 6) is -0.502. The van der Waals surface area contributed by atoms with Crippen LogP contribution in [0.5, 0.6) is 0 Å². The van der Waals surface area contributed by atoms with Crippen molar-refractivity contribution in [2.45, 2.75) is 33.7 Å². The number of aryl methyl sites for hydroxylation is 1. The van der Waals surface area contributed by atoms with E-state index in [1.807, 2.05) is 50.3 Å².